The number of anilines is 1. The second-order valence-corrected chi connectivity index (χ2v) is 7.25. The predicted octanol–water partition coefficient (Wildman–Crippen LogP) is 3.49. The van der Waals surface area contributed by atoms with E-state index in [9.17, 15) is 4.79 Å². The number of aromatic nitrogens is 2. The summed E-state index contributed by atoms with van der Waals surface area (Å²) in [6.07, 6.45) is 5.02. The number of carbonyl (C=O) groups excluding carboxylic acids is 1. The number of hydrazone groups is 1. The Bertz CT molecular complexity index is 1240. The minimum Gasteiger partial charge on any atom is -0.395 e. The highest BCUT2D eigenvalue weighted by Gasteiger charge is 2.13. The van der Waals surface area contributed by atoms with Gasteiger partial charge in [-0.25, -0.2) is 10.4 Å². The maximum Gasteiger partial charge on any atom is 0.272 e. The first-order chi connectivity index (χ1) is 15.7. The van der Waals surface area contributed by atoms with Crippen LogP contribution in [0.3, 0.4) is 0 Å². The Labute approximate surface area is 186 Å². The van der Waals surface area contributed by atoms with E-state index in [0.717, 1.165) is 27.7 Å². The summed E-state index contributed by atoms with van der Waals surface area (Å²) in [5.74, 6) is -0.315. The van der Waals surface area contributed by atoms with Crippen LogP contribution in [-0.4, -0.2) is 47.4 Å². The maximum atomic E-state index is 12.9. The molecule has 2 heterocycles. The number of hydrogen-bond acceptors (Lipinski definition) is 6. The molecule has 2 N–H and O–H groups in total. The highest BCUT2D eigenvalue weighted by Crippen LogP contribution is 2.24. The minimum absolute atomic E-state index is 0.0952. The summed E-state index contributed by atoms with van der Waals surface area (Å²) >= 11 is 0. The average molecular weight is 425 g/mol. The Morgan fingerprint density at radius 3 is 2.69 bits per heavy atom. The number of rotatable bonds is 7. The number of aliphatic hydroxyl groups is 1. The molecule has 0 spiro atoms. The first-order valence-electron chi connectivity index (χ1n) is 10.2. The first-order valence-corrected chi connectivity index (χ1v) is 10.2. The fourth-order valence-electron chi connectivity index (χ4n) is 3.35. The number of carbonyl (C=O) groups is 1. The molecule has 0 bridgehead atoms. The third-order valence-electron chi connectivity index (χ3n) is 5.07. The molecule has 4 rings (SSSR count). The maximum absolute atomic E-state index is 12.9. The number of benzene rings is 2. The van der Waals surface area contributed by atoms with Crippen molar-refractivity contribution in [2.75, 3.05) is 25.1 Å². The smallest absolute Gasteiger partial charge is 0.272 e. The van der Waals surface area contributed by atoms with Crippen molar-refractivity contribution in [2.24, 2.45) is 5.10 Å². The molecule has 0 atom stereocenters. The molecule has 4 aromatic rings. The van der Waals surface area contributed by atoms with Crippen LogP contribution in [0.25, 0.3) is 22.2 Å². The van der Waals surface area contributed by atoms with Crippen LogP contribution in [0.5, 0.6) is 0 Å². The average Bonchev–Trinajstić information content (AvgIpc) is 2.84. The van der Waals surface area contributed by atoms with Crippen LogP contribution in [-0.2, 0) is 0 Å². The van der Waals surface area contributed by atoms with Crippen LogP contribution in [0, 0.1) is 0 Å². The summed E-state index contributed by atoms with van der Waals surface area (Å²) in [5, 5.41) is 13.9. The summed E-state index contributed by atoms with van der Waals surface area (Å²) in [6.45, 7) is 0.655. The van der Waals surface area contributed by atoms with E-state index < -0.39 is 0 Å². The summed E-state index contributed by atoms with van der Waals surface area (Å²) in [5.41, 5.74) is 7.19. The summed E-state index contributed by atoms with van der Waals surface area (Å²) in [6, 6.07) is 20.7. The number of para-hydroxylation sites is 1. The molecule has 2 aromatic heterocycles. The van der Waals surface area contributed by atoms with Crippen LogP contribution < -0.4 is 10.3 Å². The van der Waals surface area contributed by atoms with Crippen LogP contribution in [0.15, 0.2) is 84.2 Å². The number of likely N-dealkylation sites (N-methyl/N-ethyl adjacent to an activating group) is 1. The molecule has 0 saturated carbocycles. The molecule has 0 aliphatic rings. The molecular weight excluding hydrogens is 402 g/mol. The quantitative estimate of drug-likeness (QED) is 0.349. The van der Waals surface area contributed by atoms with Gasteiger partial charge in [-0.2, -0.15) is 5.10 Å². The van der Waals surface area contributed by atoms with Gasteiger partial charge in [0, 0.05) is 42.6 Å². The van der Waals surface area contributed by atoms with Crippen molar-refractivity contribution >= 4 is 28.7 Å². The molecule has 0 aliphatic heterocycles. The second kappa shape index (κ2) is 9.80. The van der Waals surface area contributed by atoms with Gasteiger partial charge in [-0.1, -0.05) is 30.3 Å². The number of pyridine rings is 2. The van der Waals surface area contributed by atoms with E-state index >= 15 is 0 Å². The lowest BCUT2D eigenvalue weighted by atomic mass is 10.0. The number of nitrogens with zero attached hydrogens (tertiary/aromatic N) is 4. The number of nitrogens with one attached hydrogen (secondary N) is 1. The fraction of sp³-hybridized carbons (Fsp3) is 0.120. The number of amides is 1. The van der Waals surface area contributed by atoms with E-state index in [1.807, 2.05) is 72.6 Å². The normalized spacial score (nSPS) is 11.1. The fourth-order valence-corrected chi connectivity index (χ4v) is 3.35. The van der Waals surface area contributed by atoms with Gasteiger partial charge in [0.15, 0.2) is 0 Å². The molecule has 160 valence electrons. The number of fused-ring (bicyclic) bond motifs is 1. The summed E-state index contributed by atoms with van der Waals surface area (Å²) in [7, 11) is 1.92. The lowest BCUT2D eigenvalue weighted by Gasteiger charge is -2.17. The largest absolute Gasteiger partial charge is 0.395 e. The van der Waals surface area contributed by atoms with E-state index in [1.165, 1.54) is 0 Å². The Balaban J connectivity index is 1.55. The molecule has 7 heteroatoms. The molecule has 0 saturated heterocycles. The molecule has 2 aromatic carbocycles. The summed E-state index contributed by atoms with van der Waals surface area (Å²) in [4.78, 5) is 23.7. The van der Waals surface area contributed by atoms with E-state index in [2.05, 4.69) is 20.5 Å². The van der Waals surface area contributed by atoms with Gasteiger partial charge in [0.1, 0.15) is 0 Å². The van der Waals surface area contributed by atoms with Gasteiger partial charge in [-0.05, 0) is 42.0 Å². The summed E-state index contributed by atoms with van der Waals surface area (Å²) < 4.78 is 0. The van der Waals surface area contributed by atoms with Gasteiger partial charge in [0.25, 0.3) is 5.91 Å². The van der Waals surface area contributed by atoms with Gasteiger partial charge in [0.2, 0.25) is 0 Å². The third kappa shape index (κ3) is 4.79. The molecule has 32 heavy (non-hydrogen) atoms. The van der Waals surface area contributed by atoms with Gasteiger partial charge in [-0.15, -0.1) is 0 Å². The van der Waals surface area contributed by atoms with E-state index in [0.29, 0.717) is 17.8 Å². The third-order valence-corrected chi connectivity index (χ3v) is 5.07. The molecule has 7 nitrogen and oxygen atoms in total. The SMILES string of the molecule is CN(CCO)c1ccc(C=NNC(=O)c2cc(-c3cccnc3)nc3ccccc23)cc1. The monoisotopic (exact) mass is 425 g/mol. The molecule has 0 aliphatic carbocycles. The van der Waals surface area contributed by atoms with Crippen LogP contribution in [0.1, 0.15) is 15.9 Å². The zero-order valence-electron chi connectivity index (χ0n) is 17.6. The van der Waals surface area contributed by atoms with Crippen molar-refractivity contribution in [2.45, 2.75) is 0 Å². The molecule has 1 amide bonds. The lowest BCUT2D eigenvalue weighted by molar-refractivity contribution is 0.0956. The highest BCUT2D eigenvalue weighted by molar-refractivity contribution is 6.07. The Kier molecular flexibility index (Phi) is 6.48. The number of hydrogen-bond donors (Lipinski definition) is 2. The Morgan fingerprint density at radius 1 is 1.12 bits per heavy atom. The lowest BCUT2D eigenvalue weighted by Crippen LogP contribution is -2.21. The predicted molar refractivity (Wildman–Crippen MR) is 127 cm³/mol. The van der Waals surface area contributed by atoms with Crippen LogP contribution >= 0.6 is 0 Å². The van der Waals surface area contributed by atoms with Gasteiger partial charge in [0.05, 0.1) is 29.6 Å². The zero-order chi connectivity index (χ0) is 22.3. The van der Waals surface area contributed by atoms with Gasteiger partial charge < -0.3 is 10.0 Å². The highest BCUT2D eigenvalue weighted by atomic mass is 16.3. The first kappa shape index (κ1) is 21.1. The van der Waals surface area contributed by atoms with Crippen molar-refractivity contribution in [3.05, 3.63) is 90.3 Å². The van der Waals surface area contributed by atoms with Crippen LogP contribution in [0.2, 0.25) is 0 Å². The van der Waals surface area contributed by atoms with Crippen LogP contribution in [0.4, 0.5) is 5.69 Å². The van der Waals surface area contributed by atoms with Crippen molar-refractivity contribution in [1.82, 2.24) is 15.4 Å². The van der Waals surface area contributed by atoms with Crippen molar-refractivity contribution < 1.29 is 9.90 Å². The van der Waals surface area contributed by atoms with Crippen molar-refractivity contribution in [3.63, 3.8) is 0 Å². The zero-order valence-corrected chi connectivity index (χ0v) is 17.6. The second-order valence-electron chi connectivity index (χ2n) is 7.25. The Hall–Kier alpha value is -4.10. The molecule has 0 radical (unpaired) electrons. The number of aliphatic hydroxyl groups excluding tert-OH is 1. The van der Waals surface area contributed by atoms with Gasteiger partial charge >= 0.3 is 0 Å². The topological polar surface area (TPSA) is 90.7 Å². The van der Waals surface area contributed by atoms with E-state index in [1.54, 1.807) is 24.7 Å². The van der Waals surface area contributed by atoms with E-state index in [-0.39, 0.29) is 12.5 Å². The standard InChI is InChI=1S/C25H23N5O2/c1-30(13-14-31)20-10-8-18(9-11-20)16-27-29-25(32)22-15-24(19-5-4-12-26-17-19)28-23-7-3-2-6-21(22)23/h2-12,15-17,31H,13-14H2,1H3,(H,29,32). The molecular formula is C25H23N5O2. The Morgan fingerprint density at radius 2 is 1.94 bits per heavy atom. The molecule has 0 fully saturated rings. The van der Waals surface area contributed by atoms with Crippen molar-refractivity contribution in [1.29, 1.82) is 0 Å². The minimum atomic E-state index is -0.315. The van der Waals surface area contributed by atoms with E-state index in [4.69, 9.17) is 5.11 Å². The molecule has 0 unspecified atom stereocenters. The van der Waals surface area contributed by atoms with Crippen molar-refractivity contribution in [3.8, 4) is 11.3 Å². The van der Waals surface area contributed by atoms with Gasteiger partial charge in [-0.3, -0.25) is 9.78 Å².